The van der Waals surface area contributed by atoms with E-state index in [1.54, 1.807) is 0 Å². The number of alkyl halides is 3. The summed E-state index contributed by atoms with van der Waals surface area (Å²) in [5.74, 6) is 0.108. The largest absolute Gasteiger partial charge is 0.457 e. The van der Waals surface area contributed by atoms with Crippen molar-refractivity contribution in [3.05, 3.63) is 18.3 Å². The number of hydrogen-bond acceptors (Lipinski definition) is 3. The fourth-order valence-electron chi connectivity index (χ4n) is 0.956. The summed E-state index contributed by atoms with van der Waals surface area (Å²) >= 11 is 0. The number of nitrogens with zero attached hydrogens (tertiary/aromatic N) is 1. The van der Waals surface area contributed by atoms with Crippen molar-refractivity contribution in [1.82, 2.24) is 4.98 Å². The van der Waals surface area contributed by atoms with Crippen molar-refractivity contribution in [1.29, 1.82) is 0 Å². The number of anilines is 1. The van der Waals surface area contributed by atoms with Gasteiger partial charge in [-0.2, -0.15) is 0 Å². The Balaban J connectivity index is 2.44. The molecule has 0 fully saturated rings. The highest BCUT2D eigenvalue weighted by Gasteiger charge is 2.13. The zero-order valence-electron chi connectivity index (χ0n) is 7.87. The predicted molar refractivity (Wildman–Crippen MR) is 49.4 cm³/mol. The number of rotatable bonds is 5. The van der Waals surface area contributed by atoms with Crippen molar-refractivity contribution in [2.24, 2.45) is 0 Å². The average Bonchev–Trinajstić information content (AvgIpc) is 2.18. The molecular weight excluding hydrogens is 209 g/mol. The molecule has 1 aromatic heterocycles. The number of nitrogen functional groups attached to an aromatic ring is 1. The molecule has 0 radical (unpaired) electrons. The third-order valence-corrected chi connectivity index (χ3v) is 1.67. The van der Waals surface area contributed by atoms with Gasteiger partial charge < -0.3 is 10.5 Å². The Labute approximate surface area is 85.1 Å². The van der Waals surface area contributed by atoms with Crippen LogP contribution in [0.2, 0.25) is 0 Å². The standard InChI is InChI=1S/C9H11F3N2O/c10-7(11)3-4-8(12)15-6-2-1-5-14-9(6)13/h1-2,5,7-8H,3-4H2,(H2,13,14). The summed E-state index contributed by atoms with van der Waals surface area (Å²) in [6.07, 6.45) is -3.80. The van der Waals surface area contributed by atoms with Gasteiger partial charge in [0.15, 0.2) is 11.6 Å². The molecule has 0 amide bonds. The van der Waals surface area contributed by atoms with E-state index in [-0.39, 0.29) is 18.0 Å². The molecular formula is C9H11F3N2O. The molecule has 0 aromatic carbocycles. The number of aromatic nitrogens is 1. The van der Waals surface area contributed by atoms with Crippen LogP contribution in [0.1, 0.15) is 12.8 Å². The maximum atomic E-state index is 13.0. The zero-order chi connectivity index (χ0) is 11.3. The molecule has 0 aliphatic heterocycles. The van der Waals surface area contributed by atoms with Gasteiger partial charge in [-0.1, -0.05) is 0 Å². The minimum absolute atomic E-state index is 0.0391. The van der Waals surface area contributed by atoms with Crippen LogP contribution in [-0.2, 0) is 0 Å². The van der Waals surface area contributed by atoms with E-state index in [1.807, 2.05) is 0 Å². The molecule has 1 heterocycles. The summed E-state index contributed by atoms with van der Waals surface area (Å²) in [5.41, 5.74) is 5.37. The SMILES string of the molecule is Nc1ncccc1OC(F)CCC(F)F. The van der Waals surface area contributed by atoms with E-state index >= 15 is 0 Å². The van der Waals surface area contributed by atoms with E-state index in [9.17, 15) is 13.2 Å². The number of nitrogens with two attached hydrogens (primary N) is 1. The number of ether oxygens (including phenoxy) is 1. The Morgan fingerprint density at radius 1 is 1.33 bits per heavy atom. The van der Waals surface area contributed by atoms with Crippen LogP contribution in [0.25, 0.3) is 0 Å². The van der Waals surface area contributed by atoms with Crippen LogP contribution in [0, 0.1) is 0 Å². The monoisotopic (exact) mass is 220 g/mol. The van der Waals surface area contributed by atoms with Crippen LogP contribution >= 0.6 is 0 Å². The van der Waals surface area contributed by atoms with Gasteiger partial charge in [0.2, 0.25) is 12.8 Å². The van der Waals surface area contributed by atoms with Crippen LogP contribution < -0.4 is 10.5 Å². The topological polar surface area (TPSA) is 48.1 Å². The van der Waals surface area contributed by atoms with E-state index in [0.29, 0.717) is 0 Å². The lowest BCUT2D eigenvalue weighted by Gasteiger charge is -2.11. The van der Waals surface area contributed by atoms with E-state index in [0.717, 1.165) is 0 Å². The lowest BCUT2D eigenvalue weighted by Crippen LogP contribution is -2.12. The molecule has 84 valence electrons. The smallest absolute Gasteiger partial charge is 0.238 e. The number of hydrogen-bond donors (Lipinski definition) is 1. The van der Waals surface area contributed by atoms with Gasteiger partial charge in [-0.05, 0) is 12.1 Å². The summed E-state index contributed by atoms with van der Waals surface area (Å²) in [5, 5.41) is 0. The fraction of sp³-hybridized carbons (Fsp3) is 0.444. The lowest BCUT2D eigenvalue weighted by molar-refractivity contribution is 0.0349. The molecule has 0 saturated heterocycles. The summed E-state index contributed by atoms with van der Waals surface area (Å²) in [4.78, 5) is 3.67. The molecule has 0 spiro atoms. The minimum atomic E-state index is -2.53. The van der Waals surface area contributed by atoms with Gasteiger partial charge in [-0.3, -0.25) is 0 Å². The van der Waals surface area contributed by atoms with Gasteiger partial charge in [0.1, 0.15) is 0 Å². The third-order valence-electron chi connectivity index (χ3n) is 1.67. The van der Waals surface area contributed by atoms with Gasteiger partial charge in [-0.25, -0.2) is 18.2 Å². The van der Waals surface area contributed by atoms with E-state index in [2.05, 4.69) is 4.98 Å². The summed E-state index contributed by atoms with van der Waals surface area (Å²) in [6.45, 7) is 0. The molecule has 1 aromatic rings. The van der Waals surface area contributed by atoms with Gasteiger partial charge in [0.05, 0.1) is 0 Å². The highest BCUT2D eigenvalue weighted by Crippen LogP contribution is 2.21. The molecule has 15 heavy (non-hydrogen) atoms. The van der Waals surface area contributed by atoms with Gasteiger partial charge in [0, 0.05) is 19.0 Å². The van der Waals surface area contributed by atoms with Crippen molar-refractivity contribution in [2.45, 2.75) is 25.6 Å². The van der Waals surface area contributed by atoms with Crippen LogP contribution in [0.5, 0.6) is 5.75 Å². The van der Waals surface area contributed by atoms with E-state index in [1.165, 1.54) is 18.3 Å². The van der Waals surface area contributed by atoms with Crippen molar-refractivity contribution in [3.63, 3.8) is 0 Å². The first-order chi connectivity index (χ1) is 7.09. The molecule has 3 nitrogen and oxygen atoms in total. The molecule has 0 aliphatic rings. The summed E-state index contributed by atoms with van der Waals surface area (Å²) in [6, 6.07) is 2.95. The Morgan fingerprint density at radius 2 is 2.07 bits per heavy atom. The van der Waals surface area contributed by atoms with Crippen molar-refractivity contribution in [2.75, 3.05) is 5.73 Å². The predicted octanol–water partition coefficient (Wildman–Crippen LogP) is 2.38. The lowest BCUT2D eigenvalue weighted by atomic mass is 10.3. The van der Waals surface area contributed by atoms with Crippen molar-refractivity contribution >= 4 is 5.82 Å². The highest BCUT2D eigenvalue weighted by atomic mass is 19.3. The highest BCUT2D eigenvalue weighted by molar-refractivity contribution is 5.44. The second-order valence-electron chi connectivity index (χ2n) is 2.88. The molecule has 0 saturated carbocycles. The first-order valence-corrected chi connectivity index (χ1v) is 4.39. The average molecular weight is 220 g/mol. The molecule has 1 rings (SSSR count). The normalized spacial score (nSPS) is 12.8. The second-order valence-corrected chi connectivity index (χ2v) is 2.88. The van der Waals surface area contributed by atoms with Gasteiger partial charge >= 0.3 is 0 Å². The van der Waals surface area contributed by atoms with E-state index in [4.69, 9.17) is 10.5 Å². The quantitative estimate of drug-likeness (QED) is 0.828. The van der Waals surface area contributed by atoms with Gasteiger partial charge in [0.25, 0.3) is 0 Å². The van der Waals surface area contributed by atoms with Crippen LogP contribution in [0.15, 0.2) is 18.3 Å². The van der Waals surface area contributed by atoms with Crippen LogP contribution in [0.4, 0.5) is 19.0 Å². The van der Waals surface area contributed by atoms with Crippen LogP contribution in [0.3, 0.4) is 0 Å². The first-order valence-electron chi connectivity index (χ1n) is 4.39. The maximum absolute atomic E-state index is 13.0. The van der Waals surface area contributed by atoms with Gasteiger partial charge in [-0.15, -0.1) is 0 Å². The molecule has 1 atom stereocenters. The molecule has 0 bridgehead atoms. The first kappa shape index (κ1) is 11.6. The zero-order valence-corrected chi connectivity index (χ0v) is 7.87. The Kier molecular flexibility index (Phi) is 4.20. The van der Waals surface area contributed by atoms with E-state index < -0.39 is 19.2 Å². The molecule has 2 N–H and O–H groups in total. The minimum Gasteiger partial charge on any atom is -0.457 e. The molecule has 0 aliphatic carbocycles. The fourth-order valence-corrected chi connectivity index (χ4v) is 0.956. The third kappa shape index (κ3) is 4.05. The second kappa shape index (κ2) is 5.43. The maximum Gasteiger partial charge on any atom is 0.238 e. The molecule has 6 heteroatoms. The molecule has 1 unspecified atom stereocenters. The van der Waals surface area contributed by atoms with Crippen molar-refractivity contribution < 1.29 is 17.9 Å². The number of halogens is 3. The summed E-state index contributed by atoms with van der Waals surface area (Å²) in [7, 11) is 0. The Bertz CT molecular complexity index is 309. The van der Waals surface area contributed by atoms with Crippen LogP contribution in [-0.4, -0.2) is 17.8 Å². The number of pyridine rings is 1. The van der Waals surface area contributed by atoms with Crippen molar-refractivity contribution in [3.8, 4) is 5.75 Å². The summed E-state index contributed by atoms with van der Waals surface area (Å²) < 4.78 is 41.2. The Hall–Kier alpha value is -1.46. The Morgan fingerprint density at radius 3 is 2.67 bits per heavy atom.